The van der Waals surface area contributed by atoms with E-state index in [2.05, 4.69) is 0 Å². The van der Waals surface area contributed by atoms with E-state index in [0.29, 0.717) is 11.5 Å². The van der Waals surface area contributed by atoms with Crippen molar-refractivity contribution in [3.8, 4) is 0 Å². The van der Waals surface area contributed by atoms with Crippen LogP contribution in [0.3, 0.4) is 0 Å². The Labute approximate surface area is 74.6 Å². The van der Waals surface area contributed by atoms with Crippen molar-refractivity contribution in [1.29, 1.82) is 0 Å². The normalized spacial score (nSPS) is 23.8. The van der Waals surface area contributed by atoms with Crippen LogP contribution in [0.25, 0.3) is 0 Å². The maximum Gasteiger partial charge on any atom is 0.234 e. The average molecular weight is 190 g/mol. The first-order chi connectivity index (χ1) is 5.61. The molecule has 2 N–H and O–H groups in total. The maximum absolute atomic E-state index is 11.0. The molecule has 0 aromatic rings. The van der Waals surface area contributed by atoms with Gasteiger partial charge in [0.15, 0.2) is 0 Å². The molecule has 1 unspecified atom stereocenters. The lowest BCUT2D eigenvalue weighted by Crippen LogP contribution is -2.48. The Hall–Kier alpha value is -0.420. The van der Waals surface area contributed by atoms with Crippen LogP contribution in [-0.4, -0.2) is 45.7 Å². The summed E-state index contributed by atoms with van der Waals surface area (Å²) in [6.07, 6.45) is 0. The lowest BCUT2D eigenvalue weighted by atomic mass is 10.2. The molecule has 0 radical (unpaired) electrons. The van der Waals surface area contributed by atoms with Crippen LogP contribution in [0.2, 0.25) is 0 Å². The smallest absolute Gasteiger partial charge is 0.234 e. The zero-order chi connectivity index (χ0) is 9.14. The van der Waals surface area contributed by atoms with Crippen molar-refractivity contribution < 1.29 is 9.00 Å². The molecule has 1 heterocycles. The zero-order valence-corrected chi connectivity index (χ0v) is 7.97. The fourth-order valence-electron chi connectivity index (χ4n) is 1.22. The van der Waals surface area contributed by atoms with Crippen molar-refractivity contribution in [3.05, 3.63) is 0 Å². The molecule has 5 heteroatoms. The minimum Gasteiger partial charge on any atom is -0.368 e. The summed E-state index contributed by atoms with van der Waals surface area (Å²) in [6, 6.07) is -0.220. The molecule has 1 aliphatic heterocycles. The van der Waals surface area contributed by atoms with E-state index in [1.807, 2.05) is 4.90 Å². The first-order valence-electron chi connectivity index (χ1n) is 3.99. The standard InChI is InChI=1S/C7H14N2O2S/c1-6(7(8)10)9-2-4-12(11)5-3-9/h6H,2-5H2,1H3,(H2,8,10). The molecule has 1 amide bonds. The Kier molecular flexibility index (Phi) is 3.22. The van der Waals surface area contributed by atoms with Crippen LogP contribution in [0.5, 0.6) is 0 Å². The van der Waals surface area contributed by atoms with Crippen molar-refractivity contribution in [2.75, 3.05) is 24.6 Å². The first-order valence-corrected chi connectivity index (χ1v) is 5.48. The van der Waals surface area contributed by atoms with E-state index in [0.717, 1.165) is 13.1 Å². The minimum absolute atomic E-state index is 0.220. The molecule has 1 saturated heterocycles. The van der Waals surface area contributed by atoms with Gasteiger partial charge in [-0.15, -0.1) is 0 Å². The first kappa shape index (κ1) is 9.67. The minimum atomic E-state index is -0.684. The molecule has 4 nitrogen and oxygen atoms in total. The molecule has 70 valence electrons. The molecule has 1 rings (SSSR count). The molecule has 0 aliphatic carbocycles. The van der Waals surface area contributed by atoms with Gasteiger partial charge in [-0.1, -0.05) is 0 Å². The highest BCUT2D eigenvalue weighted by molar-refractivity contribution is 7.85. The maximum atomic E-state index is 11.0. The van der Waals surface area contributed by atoms with Crippen LogP contribution in [0.4, 0.5) is 0 Å². The van der Waals surface area contributed by atoms with Crippen LogP contribution in [0.1, 0.15) is 6.92 Å². The van der Waals surface area contributed by atoms with Gasteiger partial charge in [-0.3, -0.25) is 13.9 Å². The van der Waals surface area contributed by atoms with Crippen LogP contribution in [-0.2, 0) is 15.6 Å². The molecule has 0 aromatic heterocycles. The van der Waals surface area contributed by atoms with Gasteiger partial charge in [0.1, 0.15) is 0 Å². The van der Waals surface area contributed by atoms with Gasteiger partial charge in [-0.2, -0.15) is 0 Å². The summed E-state index contributed by atoms with van der Waals surface area (Å²) in [5.41, 5.74) is 5.14. The fraction of sp³-hybridized carbons (Fsp3) is 0.857. The van der Waals surface area contributed by atoms with Gasteiger partial charge in [-0.25, -0.2) is 0 Å². The predicted molar refractivity (Wildman–Crippen MR) is 48.1 cm³/mol. The lowest BCUT2D eigenvalue weighted by Gasteiger charge is -2.29. The highest BCUT2D eigenvalue weighted by atomic mass is 32.2. The summed E-state index contributed by atoms with van der Waals surface area (Å²) in [6.45, 7) is 3.23. The van der Waals surface area contributed by atoms with E-state index in [1.165, 1.54) is 0 Å². The number of rotatable bonds is 2. The molecule has 1 fully saturated rings. The molecule has 0 spiro atoms. The second kappa shape index (κ2) is 4.00. The Balaban J connectivity index is 2.44. The molecule has 0 aromatic carbocycles. The largest absolute Gasteiger partial charge is 0.368 e. The average Bonchev–Trinajstić information content (AvgIpc) is 2.04. The number of hydrogen-bond acceptors (Lipinski definition) is 3. The summed E-state index contributed by atoms with van der Waals surface area (Å²) >= 11 is 0. The van der Waals surface area contributed by atoms with E-state index < -0.39 is 10.8 Å². The Bertz CT molecular complexity index is 198. The molecule has 0 bridgehead atoms. The Morgan fingerprint density at radius 2 is 2.00 bits per heavy atom. The summed E-state index contributed by atoms with van der Waals surface area (Å²) in [4.78, 5) is 12.8. The SMILES string of the molecule is CC(C(N)=O)N1CCS(=O)CC1. The second-order valence-corrected chi connectivity index (χ2v) is 4.66. The quantitative estimate of drug-likeness (QED) is 0.602. The molecular formula is C7H14N2O2S. The number of hydrogen-bond donors (Lipinski definition) is 1. The van der Waals surface area contributed by atoms with Gasteiger partial charge in [0, 0.05) is 35.4 Å². The highest BCUT2D eigenvalue weighted by Crippen LogP contribution is 2.04. The van der Waals surface area contributed by atoms with Crippen molar-refractivity contribution in [2.45, 2.75) is 13.0 Å². The summed E-state index contributed by atoms with van der Waals surface area (Å²) in [7, 11) is -0.684. The van der Waals surface area contributed by atoms with Crippen LogP contribution in [0, 0.1) is 0 Å². The number of carbonyl (C=O) groups excluding carboxylic acids is 1. The van der Waals surface area contributed by atoms with E-state index in [1.54, 1.807) is 6.92 Å². The summed E-state index contributed by atoms with van der Waals surface area (Å²) < 4.78 is 11.0. The molecule has 0 saturated carbocycles. The predicted octanol–water partition coefficient (Wildman–Crippen LogP) is -1.08. The molecular weight excluding hydrogens is 176 g/mol. The third-order valence-corrected chi connectivity index (χ3v) is 3.45. The van der Waals surface area contributed by atoms with E-state index in [9.17, 15) is 9.00 Å². The molecule has 12 heavy (non-hydrogen) atoms. The number of nitrogens with two attached hydrogens (primary N) is 1. The monoisotopic (exact) mass is 190 g/mol. The van der Waals surface area contributed by atoms with Crippen molar-refractivity contribution in [1.82, 2.24) is 4.90 Å². The zero-order valence-electron chi connectivity index (χ0n) is 7.16. The van der Waals surface area contributed by atoms with Crippen molar-refractivity contribution >= 4 is 16.7 Å². The van der Waals surface area contributed by atoms with Crippen LogP contribution < -0.4 is 5.73 Å². The number of nitrogens with zero attached hydrogens (tertiary/aromatic N) is 1. The van der Waals surface area contributed by atoms with Gasteiger partial charge in [0.2, 0.25) is 5.91 Å². The third kappa shape index (κ3) is 2.28. The Morgan fingerprint density at radius 3 is 2.42 bits per heavy atom. The van der Waals surface area contributed by atoms with Gasteiger partial charge in [0.05, 0.1) is 6.04 Å². The lowest BCUT2D eigenvalue weighted by molar-refractivity contribution is -0.122. The number of primary amides is 1. The van der Waals surface area contributed by atoms with Crippen molar-refractivity contribution in [3.63, 3.8) is 0 Å². The van der Waals surface area contributed by atoms with Gasteiger partial charge >= 0.3 is 0 Å². The number of carbonyl (C=O) groups is 1. The highest BCUT2D eigenvalue weighted by Gasteiger charge is 2.22. The van der Waals surface area contributed by atoms with Gasteiger partial charge in [-0.05, 0) is 6.92 Å². The van der Waals surface area contributed by atoms with Crippen LogP contribution >= 0.6 is 0 Å². The number of amides is 1. The van der Waals surface area contributed by atoms with Crippen LogP contribution in [0.15, 0.2) is 0 Å². The Morgan fingerprint density at radius 1 is 1.50 bits per heavy atom. The molecule has 1 atom stereocenters. The topological polar surface area (TPSA) is 63.4 Å². The van der Waals surface area contributed by atoms with Crippen molar-refractivity contribution in [2.24, 2.45) is 5.73 Å². The summed E-state index contributed by atoms with van der Waals surface area (Å²) in [5, 5.41) is 0. The third-order valence-electron chi connectivity index (χ3n) is 2.17. The van der Waals surface area contributed by atoms with E-state index in [4.69, 9.17) is 5.73 Å². The van der Waals surface area contributed by atoms with Gasteiger partial charge < -0.3 is 5.73 Å². The second-order valence-electron chi connectivity index (χ2n) is 2.96. The van der Waals surface area contributed by atoms with E-state index in [-0.39, 0.29) is 11.9 Å². The molecule has 1 aliphatic rings. The van der Waals surface area contributed by atoms with E-state index >= 15 is 0 Å². The fourth-order valence-corrected chi connectivity index (χ4v) is 2.30. The summed E-state index contributed by atoms with van der Waals surface area (Å²) in [5.74, 6) is 1.03. The van der Waals surface area contributed by atoms with Gasteiger partial charge in [0.25, 0.3) is 0 Å².